The molecule has 3 heteroatoms. The lowest BCUT2D eigenvalue weighted by atomic mass is 10.0. The maximum Gasteiger partial charge on any atom is 0.122 e. The van der Waals surface area contributed by atoms with E-state index < -0.39 is 0 Å². The molecule has 0 bridgehead atoms. The molecule has 0 saturated heterocycles. The van der Waals surface area contributed by atoms with Crippen LogP contribution in [0, 0.1) is 5.41 Å². The van der Waals surface area contributed by atoms with Crippen molar-refractivity contribution in [1.82, 2.24) is 0 Å². The lowest BCUT2D eigenvalue weighted by Crippen LogP contribution is -2.10. The van der Waals surface area contributed by atoms with Crippen LogP contribution in [0.4, 0.5) is 0 Å². The van der Waals surface area contributed by atoms with Gasteiger partial charge in [0, 0.05) is 12.1 Å². The van der Waals surface area contributed by atoms with E-state index in [0.29, 0.717) is 6.54 Å². The second-order valence-electron chi connectivity index (χ2n) is 5.51. The molecule has 0 aromatic heterocycles. The van der Waals surface area contributed by atoms with Gasteiger partial charge < -0.3 is 11.5 Å². The Kier molecular flexibility index (Phi) is 4.22. The van der Waals surface area contributed by atoms with Gasteiger partial charge in [-0.1, -0.05) is 60.7 Å². The highest BCUT2D eigenvalue weighted by Crippen LogP contribution is 2.19. The zero-order chi connectivity index (χ0) is 16.2. The van der Waals surface area contributed by atoms with Gasteiger partial charge in [0.05, 0.1) is 0 Å². The fourth-order valence-corrected chi connectivity index (χ4v) is 2.49. The molecular formula is C20H19N3. The highest BCUT2D eigenvalue weighted by atomic mass is 14.7. The van der Waals surface area contributed by atoms with Crippen molar-refractivity contribution in [1.29, 1.82) is 5.41 Å². The van der Waals surface area contributed by atoms with E-state index in [1.807, 2.05) is 30.3 Å². The molecular weight excluding hydrogens is 282 g/mol. The van der Waals surface area contributed by atoms with Crippen molar-refractivity contribution < 1.29 is 0 Å². The quantitative estimate of drug-likeness (QED) is 0.390. The largest absolute Gasteiger partial charge is 0.384 e. The number of fused-ring (bicyclic) bond motifs is 1. The summed E-state index contributed by atoms with van der Waals surface area (Å²) in [7, 11) is 0. The Hall–Kier alpha value is -2.91. The maximum absolute atomic E-state index is 7.50. The van der Waals surface area contributed by atoms with Gasteiger partial charge in [0.1, 0.15) is 5.84 Å². The van der Waals surface area contributed by atoms with Gasteiger partial charge >= 0.3 is 0 Å². The first kappa shape index (κ1) is 15.0. The Balaban J connectivity index is 1.86. The fraction of sp³-hybridized carbons (Fsp3) is 0.0500. The number of rotatable bonds is 4. The molecule has 0 saturated carbocycles. The van der Waals surface area contributed by atoms with Crippen LogP contribution in [0.2, 0.25) is 0 Å². The van der Waals surface area contributed by atoms with Gasteiger partial charge in [-0.05, 0) is 39.6 Å². The number of nitrogens with two attached hydrogens (primary N) is 2. The summed E-state index contributed by atoms with van der Waals surface area (Å²) < 4.78 is 0. The first-order valence-electron chi connectivity index (χ1n) is 7.51. The van der Waals surface area contributed by atoms with E-state index in [0.717, 1.165) is 33.0 Å². The van der Waals surface area contributed by atoms with Crippen LogP contribution in [0.1, 0.15) is 22.3 Å². The number of hydrogen-bond acceptors (Lipinski definition) is 2. The average Bonchev–Trinajstić information content (AvgIpc) is 2.59. The third-order valence-electron chi connectivity index (χ3n) is 3.86. The fourth-order valence-electron chi connectivity index (χ4n) is 2.49. The molecule has 0 radical (unpaired) electrons. The third kappa shape index (κ3) is 3.47. The predicted molar refractivity (Wildman–Crippen MR) is 98.2 cm³/mol. The molecule has 0 aliphatic heterocycles. The normalized spacial score (nSPS) is 11.2. The molecule has 5 N–H and O–H groups in total. The summed E-state index contributed by atoms with van der Waals surface area (Å²) in [6.45, 7) is 0.566. The van der Waals surface area contributed by atoms with E-state index in [-0.39, 0.29) is 5.84 Å². The molecule has 3 aromatic carbocycles. The second-order valence-corrected chi connectivity index (χ2v) is 5.51. The summed E-state index contributed by atoms with van der Waals surface area (Å²) in [4.78, 5) is 0. The first-order chi connectivity index (χ1) is 11.2. The minimum Gasteiger partial charge on any atom is -0.384 e. The van der Waals surface area contributed by atoms with Crippen molar-refractivity contribution in [2.45, 2.75) is 6.54 Å². The Bertz CT molecular complexity index is 877. The summed E-state index contributed by atoms with van der Waals surface area (Å²) >= 11 is 0. The van der Waals surface area contributed by atoms with Crippen LogP contribution >= 0.6 is 0 Å². The molecule has 0 amide bonds. The van der Waals surface area contributed by atoms with E-state index in [1.165, 1.54) is 0 Å². The van der Waals surface area contributed by atoms with Gasteiger partial charge in [0.25, 0.3) is 0 Å². The highest BCUT2D eigenvalue weighted by Gasteiger charge is 1.99. The van der Waals surface area contributed by atoms with Crippen molar-refractivity contribution in [3.05, 3.63) is 82.9 Å². The standard InChI is InChI=1S/C20H19N3/c21-13-16-5-2-14(3-6-16)1-4-15-7-8-18-12-19(20(22)23)10-9-17(18)11-15/h1-12H,13,21H2,(H3,22,23)/b4-1+. The van der Waals surface area contributed by atoms with E-state index in [9.17, 15) is 0 Å². The van der Waals surface area contributed by atoms with Crippen LogP contribution in [-0.4, -0.2) is 5.84 Å². The molecule has 0 fully saturated rings. The number of benzene rings is 3. The van der Waals surface area contributed by atoms with Crippen molar-refractivity contribution in [2.75, 3.05) is 0 Å². The monoisotopic (exact) mass is 301 g/mol. The van der Waals surface area contributed by atoms with Gasteiger partial charge in [-0.15, -0.1) is 0 Å². The molecule has 0 unspecified atom stereocenters. The molecule has 0 spiro atoms. The van der Waals surface area contributed by atoms with Crippen LogP contribution in [-0.2, 0) is 6.54 Å². The maximum atomic E-state index is 7.50. The summed E-state index contributed by atoms with van der Waals surface area (Å²) in [6.07, 6.45) is 4.18. The van der Waals surface area contributed by atoms with Crippen molar-refractivity contribution in [3.63, 3.8) is 0 Å². The average molecular weight is 301 g/mol. The van der Waals surface area contributed by atoms with Crippen LogP contribution in [0.25, 0.3) is 22.9 Å². The zero-order valence-corrected chi connectivity index (χ0v) is 12.8. The molecule has 114 valence electrons. The van der Waals surface area contributed by atoms with E-state index in [4.69, 9.17) is 16.9 Å². The van der Waals surface area contributed by atoms with Gasteiger partial charge in [-0.2, -0.15) is 0 Å². The van der Waals surface area contributed by atoms with Crippen LogP contribution in [0.3, 0.4) is 0 Å². The van der Waals surface area contributed by atoms with Gasteiger partial charge in [0.2, 0.25) is 0 Å². The predicted octanol–water partition coefficient (Wildman–Crippen LogP) is 3.75. The van der Waals surface area contributed by atoms with Crippen LogP contribution in [0.5, 0.6) is 0 Å². The third-order valence-corrected chi connectivity index (χ3v) is 3.86. The van der Waals surface area contributed by atoms with Gasteiger partial charge in [0.15, 0.2) is 0 Å². The van der Waals surface area contributed by atoms with Crippen LogP contribution < -0.4 is 11.5 Å². The number of amidine groups is 1. The van der Waals surface area contributed by atoms with Gasteiger partial charge in [-0.25, -0.2) is 0 Å². The Morgan fingerprint density at radius 1 is 0.826 bits per heavy atom. The van der Waals surface area contributed by atoms with Crippen molar-refractivity contribution in [3.8, 4) is 0 Å². The smallest absolute Gasteiger partial charge is 0.122 e. The zero-order valence-electron chi connectivity index (χ0n) is 12.8. The SMILES string of the molecule is N=C(N)c1ccc2cc(/C=C/c3ccc(CN)cc3)ccc2c1. The second kappa shape index (κ2) is 6.46. The van der Waals surface area contributed by atoms with E-state index in [1.54, 1.807) is 0 Å². The molecule has 3 nitrogen and oxygen atoms in total. The summed E-state index contributed by atoms with van der Waals surface area (Å²) in [5, 5.41) is 9.72. The summed E-state index contributed by atoms with van der Waals surface area (Å²) in [5.41, 5.74) is 15.3. The topological polar surface area (TPSA) is 75.9 Å². The van der Waals surface area contributed by atoms with Crippen molar-refractivity contribution in [2.24, 2.45) is 11.5 Å². The highest BCUT2D eigenvalue weighted by molar-refractivity contribution is 5.99. The van der Waals surface area contributed by atoms with Crippen molar-refractivity contribution >= 4 is 28.8 Å². The summed E-state index contributed by atoms with van der Waals surface area (Å²) in [6, 6.07) is 20.3. The van der Waals surface area contributed by atoms with E-state index >= 15 is 0 Å². The molecule has 23 heavy (non-hydrogen) atoms. The molecule has 3 aromatic rings. The molecule has 0 aliphatic rings. The van der Waals surface area contributed by atoms with Gasteiger partial charge in [-0.3, -0.25) is 5.41 Å². The first-order valence-corrected chi connectivity index (χ1v) is 7.51. The Morgan fingerprint density at radius 3 is 2.13 bits per heavy atom. The van der Waals surface area contributed by atoms with E-state index in [2.05, 4.69) is 42.5 Å². The lowest BCUT2D eigenvalue weighted by Gasteiger charge is -2.03. The summed E-state index contributed by atoms with van der Waals surface area (Å²) in [5.74, 6) is 0.0943. The molecule has 0 aliphatic carbocycles. The van der Waals surface area contributed by atoms with Crippen LogP contribution in [0.15, 0.2) is 60.7 Å². The minimum atomic E-state index is 0.0943. The lowest BCUT2D eigenvalue weighted by molar-refractivity contribution is 1.07. The molecule has 0 atom stereocenters. The number of hydrogen-bond donors (Lipinski definition) is 3. The minimum absolute atomic E-state index is 0.0943. The number of nitrogen functional groups attached to an aromatic ring is 1. The molecule has 0 heterocycles. The Labute approximate surface area is 135 Å². The Morgan fingerprint density at radius 2 is 1.43 bits per heavy atom. The number of nitrogens with one attached hydrogen (secondary N) is 1. The molecule has 3 rings (SSSR count).